The van der Waals surface area contributed by atoms with Crippen LogP contribution in [0, 0.1) is 5.92 Å². The van der Waals surface area contributed by atoms with E-state index in [9.17, 15) is 0 Å². The van der Waals surface area contributed by atoms with E-state index >= 15 is 0 Å². The summed E-state index contributed by atoms with van der Waals surface area (Å²) in [5.41, 5.74) is 0. The Morgan fingerprint density at radius 3 is 1.82 bits per heavy atom. The molecule has 0 aliphatic heterocycles. The molecule has 1 nitrogen and oxygen atoms in total. The van der Waals surface area contributed by atoms with Gasteiger partial charge in [-0.2, -0.15) is 0 Å². The molecule has 0 aliphatic rings. The monoisotopic (exact) mass is 180 g/mol. The summed E-state index contributed by atoms with van der Waals surface area (Å²) in [7, 11) is 0. The standard InChI is InChI=1S/C5H11Cl.C4H10O/c1-2-3-4-5-6;1-4(2)3-5/h2-5H2,1H3;4-5H,3H2,1-2H3. The van der Waals surface area contributed by atoms with Crippen LogP contribution in [-0.4, -0.2) is 17.6 Å². The second-order valence-electron chi connectivity index (χ2n) is 2.97. The molecular formula is C9H21ClO. The van der Waals surface area contributed by atoms with Gasteiger partial charge in [-0.15, -0.1) is 11.6 Å². The van der Waals surface area contributed by atoms with Crippen LogP contribution in [0.25, 0.3) is 0 Å². The van der Waals surface area contributed by atoms with Crippen LogP contribution in [0.1, 0.15) is 40.0 Å². The summed E-state index contributed by atoms with van der Waals surface area (Å²) in [6, 6.07) is 0. The fraction of sp³-hybridized carbons (Fsp3) is 1.00. The van der Waals surface area contributed by atoms with Gasteiger partial charge in [0.1, 0.15) is 0 Å². The SMILES string of the molecule is CC(C)CO.CCCCCCl. The molecule has 0 heterocycles. The predicted octanol–water partition coefficient (Wildman–Crippen LogP) is 3.05. The molecule has 0 aromatic rings. The number of alkyl halides is 1. The fourth-order valence-electron chi connectivity index (χ4n) is 0.344. The molecule has 0 aromatic carbocycles. The van der Waals surface area contributed by atoms with Crippen molar-refractivity contribution in [2.45, 2.75) is 40.0 Å². The average molecular weight is 181 g/mol. The quantitative estimate of drug-likeness (QED) is 0.521. The lowest BCUT2D eigenvalue weighted by Crippen LogP contribution is -1.90. The van der Waals surface area contributed by atoms with Crippen molar-refractivity contribution in [1.82, 2.24) is 0 Å². The van der Waals surface area contributed by atoms with Crippen LogP contribution in [-0.2, 0) is 0 Å². The maximum Gasteiger partial charge on any atom is 0.0453 e. The Morgan fingerprint density at radius 1 is 1.27 bits per heavy atom. The van der Waals surface area contributed by atoms with Crippen LogP contribution in [0.5, 0.6) is 0 Å². The summed E-state index contributed by atoms with van der Waals surface area (Å²) >= 11 is 5.38. The van der Waals surface area contributed by atoms with E-state index in [1.54, 1.807) is 0 Å². The van der Waals surface area contributed by atoms with Crippen molar-refractivity contribution in [2.24, 2.45) is 5.92 Å². The van der Waals surface area contributed by atoms with Gasteiger partial charge in [-0.3, -0.25) is 0 Å². The molecule has 0 unspecified atom stereocenters. The largest absolute Gasteiger partial charge is 0.396 e. The molecule has 1 N–H and O–H groups in total. The van der Waals surface area contributed by atoms with Crippen molar-refractivity contribution in [3.05, 3.63) is 0 Å². The Hall–Kier alpha value is 0.250. The normalized spacial score (nSPS) is 9.27. The van der Waals surface area contributed by atoms with Crippen LogP contribution in [0.4, 0.5) is 0 Å². The van der Waals surface area contributed by atoms with E-state index < -0.39 is 0 Å². The third kappa shape index (κ3) is 25.3. The lowest BCUT2D eigenvalue weighted by atomic mass is 10.2. The zero-order valence-corrected chi connectivity index (χ0v) is 8.69. The third-order valence-corrected chi connectivity index (χ3v) is 1.37. The number of rotatable bonds is 4. The highest BCUT2D eigenvalue weighted by molar-refractivity contribution is 6.17. The van der Waals surface area contributed by atoms with Gasteiger partial charge in [0.2, 0.25) is 0 Å². The minimum Gasteiger partial charge on any atom is -0.396 e. The third-order valence-electron chi connectivity index (χ3n) is 1.10. The van der Waals surface area contributed by atoms with Gasteiger partial charge in [0.15, 0.2) is 0 Å². The average Bonchev–Trinajstić information content (AvgIpc) is 2.02. The van der Waals surface area contributed by atoms with E-state index in [1.165, 1.54) is 19.3 Å². The van der Waals surface area contributed by atoms with Crippen LogP contribution < -0.4 is 0 Å². The number of aliphatic hydroxyl groups is 1. The molecule has 0 aromatic heterocycles. The molecule has 2 heteroatoms. The van der Waals surface area contributed by atoms with E-state index in [0.29, 0.717) is 12.5 Å². The molecule has 0 fully saturated rings. The Bertz CT molecular complexity index is 51.5. The first-order chi connectivity index (χ1) is 5.18. The fourth-order valence-corrected chi connectivity index (χ4v) is 0.533. The first kappa shape index (κ1) is 13.8. The van der Waals surface area contributed by atoms with Gasteiger partial charge in [0.25, 0.3) is 0 Å². The molecule has 0 saturated heterocycles. The summed E-state index contributed by atoms with van der Waals surface area (Å²) in [5, 5.41) is 8.14. The van der Waals surface area contributed by atoms with Crippen LogP contribution in [0.3, 0.4) is 0 Å². The van der Waals surface area contributed by atoms with Crippen molar-refractivity contribution in [3.8, 4) is 0 Å². The molecule has 0 saturated carbocycles. The van der Waals surface area contributed by atoms with Crippen molar-refractivity contribution in [2.75, 3.05) is 12.5 Å². The van der Waals surface area contributed by atoms with Gasteiger partial charge >= 0.3 is 0 Å². The molecule has 0 atom stereocenters. The summed E-state index contributed by atoms with van der Waals surface area (Å²) in [4.78, 5) is 0. The maximum atomic E-state index is 8.14. The van der Waals surface area contributed by atoms with Gasteiger partial charge in [0, 0.05) is 12.5 Å². The number of hydrogen-bond donors (Lipinski definition) is 1. The number of unbranched alkanes of at least 4 members (excludes halogenated alkanes) is 2. The van der Waals surface area contributed by atoms with Crippen molar-refractivity contribution < 1.29 is 5.11 Å². The lowest BCUT2D eigenvalue weighted by molar-refractivity contribution is 0.248. The smallest absolute Gasteiger partial charge is 0.0453 e. The number of halogens is 1. The first-order valence-electron chi connectivity index (χ1n) is 4.35. The molecule has 0 radical (unpaired) electrons. The highest BCUT2D eigenvalue weighted by Gasteiger charge is 1.81. The Labute approximate surface area is 75.8 Å². The van der Waals surface area contributed by atoms with Crippen LogP contribution >= 0.6 is 11.6 Å². The first-order valence-corrected chi connectivity index (χ1v) is 4.89. The summed E-state index contributed by atoms with van der Waals surface area (Å²) in [6.07, 6.45) is 3.73. The number of hydrogen-bond acceptors (Lipinski definition) is 1. The molecule has 11 heavy (non-hydrogen) atoms. The molecule has 70 valence electrons. The van der Waals surface area contributed by atoms with Gasteiger partial charge in [-0.25, -0.2) is 0 Å². The highest BCUT2D eigenvalue weighted by Crippen LogP contribution is 1.93. The zero-order chi connectivity index (χ0) is 9.11. The van der Waals surface area contributed by atoms with Crippen molar-refractivity contribution >= 4 is 11.6 Å². The lowest BCUT2D eigenvalue weighted by Gasteiger charge is -1.90. The molecular weight excluding hydrogens is 160 g/mol. The summed E-state index contributed by atoms with van der Waals surface area (Å²) in [5.74, 6) is 1.27. The van der Waals surface area contributed by atoms with Gasteiger partial charge in [-0.1, -0.05) is 33.6 Å². The van der Waals surface area contributed by atoms with E-state index in [1.807, 2.05) is 13.8 Å². The minimum atomic E-state index is 0.306. The second-order valence-corrected chi connectivity index (χ2v) is 3.35. The van der Waals surface area contributed by atoms with Crippen LogP contribution in [0.15, 0.2) is 0 Å². The number of aliphatic hydroxyl groups excluding tert-OH is 1. The van der Waals surface area contributed by atoms with Gasteiger partial charge in [-0.05, 0) is 12.3 Å². The molecule has 0 amide bonds. The Balaban J connectivity index is 0. The zero-order valence-electron chi connectivity index (χ0n) is 7.94. The molecule has 0 bridgehead atoms. The van der Waals surface area contributed by atoms with Crippen molar-refractivity contribution in [1.29, 1.82) is 0 Å². The maximum absolute atomic E-state index is 8.14. The topological polar surface area (TPSA) is 20.2 Å². The van der Waals surface area contributed by atoms with E-state index in [2.05, 4.69) is 6.92 Å². The highest BCUT2D eigenvalue weighted by atomic mass is 35.5. The Kier molecular flexibility index (Phi) is 16.2. The predicted molar refractivity (Wildman–Crippen MR) is 52.2 cm³/mol. The summed E-state index contributed by atoms with van der Waals surface area (Å²) < 4.78 is 0. The van der Waals surface area contributed by atoms with Gasteiger partial charge in [0.05, 0.1) is 0 Å². The molecule has 0 rings (SSSR count). The molecule has 0 spiro atoms. The van der Waals surface area contributed by atoms with Crippen LogP contribution in [0.2, 0.25) is 0 Å². The van der Waals surface area contributed by atoms with E-state index in [-0.39, 0.29) is 0 Å². The van der Waals surface area contributed by atoms with Gasteiger partial charge < -0.3 is 5.11 Å². The minimum absolute atomic E-state index is 0.306. The van der Waals surface area contributed by atoms with E-state index in [4.69, 9.17) is 16.7 Å². The second kappa shape index (κ2) is 12.9. The van der Waals surface area contributed by atoms with E-state index in [0.717, 1.165) is 5.88 Å². The Morgan fingerprint density at radius 2 is 1.73 bits per heavy atom. The summed E-state index contributed by atoms with van der Waals surface area (Å²) in [6.45, 7) is 6.42. The molecule has 0 aliphatic carbocycles. The van der Waals surface area contributed by atoms with Crippen molar-refractivity contribution in [3.63, 3.8) is 0 Å².